The van der Waals surface area contributed by atoms with Crippen LogP contribution >= 0.6 is 11.8 Å². The molecule has 0 saturated carbocycles. The lowest BCUT2D eigenvalue weighted by Gasteiger charge is -2.40. The van der Waals surface area contributed by atoms with Gasteiger partial charge in [-0.3, -0.25) is 0 Å². The van der Waals surface area contributed by atoms with Gasteiger partial charge in [-0.1, -0.05) is 110 Å². The Morgan fingerprint density at radius 2 is 1.18 bits per heavy atom. The van der Waals surface area contributed by atoms with Crippen molar-refractivity contribution in [2.45, 2.75) is 43.4 Å². The minimum atomic E-state index is -4.26. The highest BCUT2D eigenvalue weighted by Gasteiger charge is 2.48. The number of rotatable bonds is 8. The Bertz CT molecular complexity index is 2150. The fraction of sp³-hybridized carbons (Fsp3) is 0.140. The van der Waals surface area contributed by atoms with E-state index in [9.17, 15) is 0 Å². The first-order valence-corrected chi connectivity index (χ1v) is 18.2. The lowest BCUT2D eigenvalue weighted by atomic mass is 9.80. The molecule has 8 rings (SSSR count). The number of para-hydroxylation sites is 1. The van der Waals surface area contributed by atoms with Crippen molar-refractivity contribution >= 4 is 54.4 Å². The Balaban J connectivity index is 0.00000406. The summed E-state index contributed by atoms with van der Waals surface area (Å²) in [4.78, 5) is 4.75. The SMILES string of the molecule is CCCCN1c2ccccc2Sc2cc([C+]3c4c(C)cc(/C=C/c5ccccc5)n4[B-](F)(F)n4c(/C=C/c5ccccc5)cc(C)c43)ccc21.O. The van der Waals surface area contributed by atoms with Gasteiger partial charge in [-0.05, 0) is 73.9 Å². The molecule has 0 atom stereocenters. The van der Waals surface area contributed by atoms with E-state index in [0.29, 0.717) is 22.8 Å². The molecule has 2 N–H and O–H groups in total. The molecule has 8 heteroatoms. The van der Waals surface area contributed by atoms with E-state index < -0.39 is 6.97 Å². The zero-order chi connectivity index (χ0) is 34.4. The molecule has 0 aliphatic carbocycles. The van der Waals surface area contributed by atoms with Crippen molar-refractivity contribution in [1.82, 2.24) is 8.96 Å². The van der Waals surface area contributed by atoms with Gasteiger partial charge in [0.1, 0.15) is 5.92 Å². The Kier molecular flexibility index (Phi) is 9.31. The smallest absolute Gasteiger partial charge is 0.437 e. The third-order valence-corrected chi connectivity index (χ3v) is 10.9. The standard InChI is InChI=1S/C43H38BF2N3S.H2O/c1-4-5-26-47-37-18-12-13-19-39(37)50-40-29-34(22-25-38(40)47)41-42-30(2)27-35(23-20-32-14-8-6-9-15-32)48(42)44(45,46)49-36(28-31(3)43(41)49)24-21-33-16-10-7-11-17-33;/h6-25,27-29H,4-5,26H2,1-3H3;1H2/b23-20+,24-21+;. The van der Waals surface area contributed by atoms with Crippen LogP contribution in [0, 0.1) is 19.8 Å². The maximum absolute atomic E-state index is 17.4. The molecule has 2 aromatic heterocycles. The molecule has 0 radical (unpaired) electrons. The van der Waals surface area contributed by atoms with Gasteiger partial charge < -0.3 is 28.0 Å². The predicted octanol–water partition coefficient (Wildman–Crippen LogP) is 10.9. The van der Waals surface area contributed by atoms with Gasteiger partial charge in [0.05, 0.1) is 33.2 Å². The molecule has 2 aliphatic rings. The number of aromatic nitrogens is 2. The summed E-state index contributed by atoms with van der Waals surface area (Å²) in [7, 11) is 0. The number of aryl methyl sites for hydroxylation is 2. The number of nitrogens with zero attached hydrogens (tertiary/aromatic N) is 3. The average Bonchev–Trinajstić information content (AvgIpc) is 3.66. The fourth-order valence-electron chi connectivity index (χ4n) is 7.46. The molecule has 51 heavy (non-hydrogen) atoms. The van der Waals surface area contributed by atoms with Gasteiger partial charge in [0.2, 0.25) is 0 Å². The van der Waals surface area contributed by atoms with Crippen LogP contribution in [0.15, 0.2) is 125 Å². The summed E-state index contributed by atoms with van der Waals surface area (Å²) >= 11 is 1.76. The fourth-order valence-corrected chi connectivity index (χ4v) is 8.59. The summed E-state index contributed by atoms with van der Waals surface area (Å²) in [5, 5.41) is 0. The van der Waals surface area contributed by atoms with Gasteiger partial charge in [0.15, 0.2) is 0 Å². The first kappa shape index (κ1) is 34.3. The van der Waals surface area contributed by atoms with Gasteiger partial charge in [-0.2, -0.15) is 0 Å². The predicted molar refractivity (Wildman–Crippen MR) is 211 cm³/mol. The van der Waals surface area contributed by atoms with Crippen LogP contribution in [-0.4, -0.2) is 27.9 Å². The van der Waals surface area contributed by atoms with Gasteiger partial charge in [0, 0.05) is 46.1 Å². The Morgan fingerprint density at radius 1 is 0.647 bits per heavy atom. The highest BCUT2D eigenvalue weighted by Crippen LogP contribution is 2.51. The van der Waals surface area contributed by atoms with Crippen molar-refractivity contribution in [1.29, 1.82) is 0 Å². The Labute approximate surface area is 303 Å². The second-order valence-electron chi connectivity index (χ2n) is 13.2. The molecular formula is C43H40BF2N3OS. The zero-order valence-corrected chi connectivity index (χ0v) is 29.8. The third kappa shape index (κ3) is 6.02. The second kappa shape index (κ2) is 13.9. The quantitative estimate of drug-likeness (QED) is 0.118. The minimum Gasteiger partial charge on any atom is -0.437 e. The van der Waals surface area contributed by atoms with E-state index >= 15 is 8.63 Å². The van der Waals surface area contributed by atoms with Crippen molar-refractivity contribution < 1.29 is 14.1 Å². The topological polar surface area (TPSA) is 44.6 Å². The summed E-state index contributed by atoms with van der Waals surface area (Å²) in [5.74, 6) is 0.828. The Hall–Kier alpha value is -5.18. The highest BCUT2D eigenvalue weighted by atomic mass is 32.2. The van der Waals surface area contributed by atoms with E-state index in [1.54, 1.807) is 11.8 Å². The minimum absolute atomic E-state index is 0. The van der Waals surface area contributed by atoms with E-state index in [2.05, 4.69) is 54.3 Å². The Morgan fingerprint density at radius 3 is 1.75 bits per heavy atom. The molecule has 256 valence electrons. The van der Waals surface area contributed by atoms with E-state index in [4.69, 9.17) is 0 Å². The van der Waals surface area contributed by atoms with Crippen LogP contribution in [0.1, 0.15) is 70.4 Å². The van der Waals surface area contributed by atoms with Gasteiger partial charge >= 0.3 is 6.97 Å². The van der Waals surface area contributed by atoms with Crippen LogP contribution in [0.5, 0.6) is 0 Å². The summed E-state index contributed by atoms with van der Waals surface area (Å²) in [6.45, 7) is 2.79. The van der Waals surface area contributed by atoms with E-state index in [-0.39, 0.29) is 5.48 Å². The number of anilines is 2. The molecule has 2 aliphatic heterocycles. The van der Waals surface area contributed by atoms with Crippen LogP contribution in [-0.2, 0) is 0 Å². The molecule has 0 spiro atoms. The van der Waals surface area contributed by atoms with Gasteiger partial charge in [-0.15, -0.1) is 0 Å². The molecule has 4 nitrogen and oxygen atoms in total. The monoisotopic (exact) mass is 695 g/mol. The van der Waals surface area contributed by atoms with E-state index in [0.717, 1.165) is 63.7 Å². The van der Waals surface area contributed by atoms with E-state index in [1.807, 2.05) is 111 Å². The molecule has 0 bridgehead atoms. The van der Waals surface area contributed by atoms with Crippen molar-refractivity contribution in [2.75, 3.05) is 11.4 Å². The summed E-state index contributed by atoms with van der Waals surface area (Å²) in [5.41, 5.74) is 8.96. The molecular weight excluding hydrogens is 655 g/mol. The molecule has 0 saturated heterocycles. The summed E-state index contributed by atoms with van der Waals surface area (Å²) < 4.78 is 37.4. The van der Waals surface area contributed by atoms with Crippen molar-refractivity contribution in [2.24, 2.45) is 0 Å². The molecule has 0 unspecified atom stereocenters. The number of hydrogen-bond donors (Lipinski definition) is 0. The maximum atomic E-state index is 17.4. The average molecular weight is 696 g/mol. The normalized spacial score (nSPS) is 14.3. The van der Waals surface area contributed by atoms with Crippen LogP contribution in [0.4, 0.5) is 20.0 Å². The first-order chi connectivity index (χ1) is 24.3. The molecule has 4 aromatic carbocycles. The van der Waals surface area contributed by atoms with Crippen LogP contribution in [0.2, 0.25) is 0 Å². The number of unbranched alkanes of at least 4 members (excludes halogenated alkanes) is 1. The number of benzene rings is 4. The molecule has 4 heterocycles. The highest BCUT2D eigenvalue weighted by molar-refractivity contribution is 7.99. The lowest BCUT2D eigenvalue weighted by molar-refractivity contribution is 0.518. The largest absolute Gasteiger partial charge is 0.535 e. The van der Waals surface area contributed by atoms with Crippen LogP contribution in [0.25, 0.3) is 24.3 Å². The van der Waals surface area contributed by atoms with Gasteiger partial charge in [-0.25, -0.2) is 0 Å². The van der Waals surface area contributed by atoms with Gasteiger partial charge in [0.25, 0.3) is 0 Å². The number of hydrogen-bond acceptors (Lipinski definition) is 2. The number of halogens is 2. The second-order valence-corrected chi connectivity index (χ2v) is 14.2. The lowest BCUT2D eigenvalue weighted by Crippen LogP contribution is -2.50. The van der Waals surface area contributed by atoms with Crippen molar-refractivity contribution in [3.05, 3.63) is 172 Å². The zero-order valence-electron chi connectivity index (χ0n) is 29.0. The van der Waals surface area contributed by atoms with Crippen molar-refractivity contribution in [3.8, 4) is 0 Å². The molecule has 6 aromatic rings. The van der Waals surface area contributed by atoms with E-state index in [1.165, 1.54) is 19.5 Å². The van der Waals surface area contributed by atoms with Crippen molar-refractivity contribution in [3.63, 3.8) is 0 Å². The summed E-state index contributed by atoms with van der Waals surface area (Å²) in [6, 6.07) is 38.6. The first-order valence-electron chi connectivity index (χ1n) is 17.3. The third-order valence-electron chi connectivity index (χ3n) is 9.75. The summed E-state index contributed by atoms with van der Waals surface area (Å²) in [6.07, 6.45) is 9.65. The number of fused-ring (bicyclic) bond motifs is 4. The molecule has 0 fully saturated rings. The van der Waals surface area contributed by atoms with Crippen LogP contribution < -0.4 is 4.90 Å². The molecule has 0 amide bonds. The van der Waals surface area contributed by atoms with Crippen LogP contribution in [0.3, 0.4) is 0 Å². The maximum Gasteiger partial charge on any atom is 0.535 e.